The number of aromatic nitrogens is 2. The summed E-state index contributed by atoms with van der Waals surface area (Å²) in [4.78, 5) is 0. The second-order valence-corrected chi connectivity index (χ2v) is 7.72. The predicted octanol–water partition coefficient (Wildman–Crippen LogP) is 6.16. The minimum Gasteiger partial charge on any atom is -0.332 e. The van der Waals surface area contributed by atoms with E-state index in [-0.39, 0.29) is 0 Å². The molecule has 1 heterocycles. The van der Waals surface area contributed by atoms with Crippen LogP contribution in [0.4, 0.5) is 11.4 Å². The summed E-state index contributed by atoms with van der Waals surface area (Å²) >= 11 is 11.9. The van der Waals surface area contributed by atoms with E-state index in [2.05, 4.69) is 33.9 Å². The van der Waals surface area contributed by atoms with E-state index in [4.69, 9.17) is 23.8 Å². The van der Waals surface area contributed by atoms with Gasteiger partial charge in [0.1, 0.15) is 0 Å². The zero-order valence-electron chi connectivity index (χ0n) is 16.2. The van der Waals surface area contributed by atoms with Crippen LogP contribution in [-0.4, -0.2) is 14.9 Å². The van der Waals surface area contributed by atoms with Gasteiger partial charge in [-0.25, -0.2) is 0 Å². The van der Waals surface area contributed by atoms with Gasteiger partial charge in [-0.3, -0.25) is 4.68 Å². The summed E-state index contributed by atoms with van der Waals surface area (Å²) in [5, 5.41) is 14.9. The molecule has 0 aliphatic rings. The zero-order valence-corrected chi connectivity index (χ0v) is 17.8. The summed E-state index contributed by atoms with van der Waals surface area (Å²) in [6.45, 7) is 4.61. The maximum absolute atomic E-state index is 6.31. The number of benzene rings is 3. The minimum atomic E-state index is 0.532. The Hall–Kier alpha value is -2.89. The van der Waals surface area contributed by atoms with Gasteiger partial charge >= 0.3 is 0 Å². The van der Waals surface area contributed by atoms with Crippen molar-refractivity contribution in [1.29, 1.82) is 0 Å². The molecule has 0 aliphatic heterocycles. The van der Waals surface area contributed by atoms with Gasteiger partial charge in [0.15, 0.2) is 5.11 Å². The number of nitrogens with zero attached hydrogens (tertiary/aromatic N) is 2. The average molecular weight is 421 g/mol. The second kappa shape index (κ2) is 8.23. The first kappa shape index (κ1) is 19.4. The lowest BCUT2D eigenvalue weighted by molar-refractivity contribution is 0.659. The number of thiocarbonyl (C=S) groups is 1. The van der Waals surface area contributed by atoms with Crippen LogP contribution in [0.3, 0.4) is 0 Å². The highest BCUT2D eigenvalue weighted by atomic mass is 35.5. The van der Waals surface area contributed by atoms with E-state index in [9.17, 15) is 0 Å². The smallest absolute Gasteiger partial charge is 0.175 e. The molecule has 4 aromatic rings. The van der Waals surface area contributed by atoms with Crippen LogP contribution in [0, 0.1) is 13.8 Å². The number of anilines is 2. The number of aryl methyl sites for hydroxylation is 1. The molecule has 0 saturated heterocycles. The monoisotopic (exact) mass is 420 g/mol. The molecule has 6 heteroatoms. The normalized spacial score (nSPS) is 10.9. The van der Waals surface area contributed by atoms with Crippen molar-refractivity contribution < 1.29 is 0 Å². The minimum absolute atomic E-state index is 0.532. The Bertz CT molecular complexity index is 1190. The standard InChI is InChI=1S/C23H21ClN4S/c1-15-22(16(2)28(27-15)14-18-9-4-6-12-20(18)24)26-23(29)25-21-13-7-10-17-8-3-5-11-19(17)21/h3-13H,14H2,1-2H3,(H2,25,26,29). The third kappa shape index (κ3) is 4.11. The summed E-state index contributed by atoms with van der Waals surface area (Å²) in [6, 6.07) is 22.2. The first-order valence-corrected chi connectivity index (χ1v) is 10.1. The van der Waals surface area contributed by atoms with Crippen molar-refractivity contribution in [2.45, 2.75) is 20.4 Å². The largest absolute Gasteiger partial charge is 0.332 e. The van der Waals surface area contributed by atoms with Crippen molar-refractivity contribution in [1.82, 2.24) is 9.78 Å². The van der Waals surface area contributed by atoms with Crippen LogP contribution < -0.4 is 10.6 Å². The van der Waals surface area contributed by atoms with E-state index in [0.29, 0.717) is 11.7 Å². The van der Waals surface area contributed by atoms with E-state index < -0.39 is 0 Å². The maximum atomic E-state index is 6.31. The Morgan fingerprint density at radius 2 is 1.69 bits per heavy atom. The van der Waals surface area contributed by atoms with Crippen molar-refractivity contribution in [3.05, 3.63) is 88.7 Å². The molecule has 1 aromatic heterocycles. The van der Waals surface area contributed by atoms with Crippen molar-refractivity contribution >= 4 is 51.1 Å². The zero-order chi connectivity index (χ0) is 20.4. The van der Waals surface area contributed by atoms with Crippen LogP contribution in [0.25, 0.3) is 10.8 Å². The SMILES string of the molecule is Cc1nn(Cc2ccccc2Cl)c(C)c1NC(=S)Nc1cccc2ccccc12. The molecule has 0 unspecified atom stereocenters. The van der Waals surface area contributed by atoms with E-state index in [0.717, 1.165) is 38.7 Å². The van der Waals surface area contributed by atoms with Gasteiger partial charge in [-0.15, -0.1) is 0 Å². The van der Waals surface area contributed by atoms with E-state index in [1.165, 1.54) is 5.39 Å². The Morgan fingerprint density at radius 1 is 0.966 bits per heavy atom. The molecule has 0 spiro atoms. The first-order valence-electron chi connectivity index (χ1n) is 9.36. The van der Waals surface area contributed by atoms with E-state index in [1.54, 1.807) is 0 Å². The van der Waals surface area contributed by atoms with Gasteiger partial charge in [0, 0.05) is 16.1 Å². The Labute approximate surface area is 180 Å². The molecule has 0 fully saturated rings. The molecular weight excluding hydrogens is 400 g/mol. The van der Waals surface area contributed by atoms with Crippen molar-refractivity contribution in [2.75, 3.05) is 10.6 Å². The van der Waals surface area contributed by atoms with Crippen LogP contribution in [-0.2, 0) is 6.54 Å². The Morgan fingerprint density at radius 3 is 2.52 bits per heavy atom. The molecule has 0 aliphatic carbocycles. The van der Waals surface area contributed by atoms with Gasteiger partial charge in [-0.2, -0.15) is 5.10 Å². The Balaban J connectivity index is 1.54. The topological polar surface area (TPSA) is 41.9 Å². The van der Waals surface area contributed by atoms with Crippen molar-refractivity contribution in [3.63, 3.8) is 0 Å². The quantitative estimate of drug-likeness (QED) is 0.388. The second-order valence-electron chi connectivity index (χ2n) is 6.90. The van der Waals surface area contributed by atoms with Crippen LogP contribution in [0.2, 0.25) is 5.02 Å². The fraction of sp³-hybridized carbons (Fsp3) is 0.130. The van der Waals surface area contributed by atoms with Crippen LogP contribution >= 0.6 is 23.8 Å². The molecule has 29 heavy (non-hydrogen) atoms. The van der Waals surface area contributed by atoms with Gasteiger partial charge < -0.3 is 10.6 Å². The molecule has 146 valence electrons. The van der Waals surface area contributed by atoms with Gasteiger partial charge in [0.25, 0.3) is 0 Å². The van der Waals surface area contributed by atoms with Crippen LogP contribution in [0.1, 0.15) is 17.0 Å². The van der Waals surface area contributed by atoms with E-state index in [1.807, 2.05) is 67.1 Å². The molecule has 0 radical (unpaired) electrons. The van der Waals surface area contributed by atoms with Crippen molar-refractivity contribution in [2.24, 2.45) is 0 Å². The predicted molar refractivity (Wildman–Crippen MR) is 126 cm³/mol. The summed E-state index contributed by atoms with van der Waals surface area (Å²) < 4.78 is 1.94. The Kier molecular flexibility index (Phi) is 5.51. The molecule has 4 nitrogen and oxygen atoms in total. The summed E-state index contributed by atoms with van der Waals surface area (Å²) in [5.74, 6) is 0. The van der Waals surface area contributed by atoms with Crippen LogP contribution in [0.5, 0.6) is 0 Å². The molecule has 3 aromatic carbocycles. The fourth-order valence-corrected chi connectivity index (χ4v) is 3.83. The summed E-state index contributed by atoms with van der Waals surface area (Å²) in [5.41, 5.74) is 4.80. The number of fused-ring (bicyclic) bond motifs is 1. The lowest BCUT2D eigenvalue weighted by Gasteiger charge is -2.13. The average Bonchev–Trinajstić information content (AvgIpc) is 2.97. The maximum Gasteiger partial charge on any atom is 0.175 e. The lowest BCUT2D eigenvalue weighted by atomic mass is 10.1. The third-order valence-electron chi connectivity index (χ3n) is 4.94. The third-order valence-corrected chi connectivity index (χ3v) is 5.51. The van der Waals surface area contributed by atoms with Crippen molar-refractivity contribution in [3.8, 4) is 0 Å². The molecule has 0 amide bonds. The van der Waals surface area contributed by atoms with Gasteiger partial charge in [-0.05, 0) is 49.1 Å². The lowest BCUT2D eigenvalue weighted by Crippen LogP contribution is -2.20. The highest BCUT2D eigenvalue weighted by molar-refractivity contribution is 7.80. The van der Waals surface area contributed by atoms with Gasteiger partial charge in [0.05, 0.1) is 23.6 Å². The number of halogens is 1. The van der Waals surface area contributed by atoms with Crippen LogP contribution in [0.15, 0.2) is 66.7 Å². The summed E-state index contributed by atoms with van der Waals surface area (Å²) in [6.07, 6.45) is 0. The molecule has 2 N–H and O–H groups in total. The van der Waals surface area contributed by atoms with Gasteiger partial charge in [0.2, 0.25) is 0 Å². The highest BCUT2D eigenvalue weighted by Gasteiger charge is 2.14. The molecule has 4 rings (SSSR count). The molecule has 0 saturated carbocycles. The number of hydrogen-bond acceptors (Lipinski definition) is 2. The molecule has 0 atom stereocenters. The highest BCUT2D eigenvalue weighted by Crippen LogP contribution is 2.25. The number of hydrogen-bond donors (Lipinski definition) is 2. The number of rotatable bonds is 4. The first-order chi connectivity index (χ1) is 14.0. The van der Waals surface area contributed by atoms with E-state index >= 15 is 0 Å². The fourth-order valence-electron chi connectivity index (χ4n) is 3.42. The van der Waals surface area contributed by atoms with Gasteiger partial charge in [-0.1, -0.05) is 66.2 Å². The molecular formula is C23H21ClN4S. The molecule has 0 bridgehead atoms. The summed E-state index contributed by atoms with van der Waals surface area (Å²) in [7, 11) is 0. The number of nitrogens with one attached hydrogen (secondary N) is 2.